The highest BCUT2D eigenvalue weighted by Gasteiger charge is 2.32. The monoisotopic (exact) mass is 433 g/mol. The van der Waals surface area contributed by atoms with Crippen LogP contribution in [-0.2, 0) is 14.8 Å². The summed E-state index contributed by atoms with van der Waals surface area (Å²) in [5.41, 5.74) is 1.57. The average Bonchev–Trinajstić information content (AvgIpc) is 2.78. The molecule has 1 saturated heterocycles. The van der Waals surface area contributed by atoms with E-state index in [2.05, 4.69) is 4.90 Å². The van der Waals surface area contributed by atoms with Gasteiger partial charge in [0.1, 0.15) is 5.75 Å². The Hall–Kier alpha value is -2.62. The van der Waals surface area contributed by atoms with E-state index in [9.17, 15) is 18.4 Å². The molecule has 0 spiro atoms. The summed E-state index contributed by atoms with van der Waals surface area (Å²) < 4.78 is 32.9. The third-order valence-electron chi connectivity index (χ3n) is 5.13. The number of sulfonamides is 1. The summed E-state index contributed by atoms with van der Waals surface area (Å²) in [6.45, 7) is 4.32. The van der Waals surface area contributed by atoms with E-state index in [1.54, 1.807) is 30.3 Å². The van der Waals surface area contributed by atoms with Crippen molar-refractivity contribution in [3.63, 3.8) is 0 Å². The topological polar surface area (TPSA) is 90.4 Å². The number of hydrogen-bond donors (Lipinski definition) is 1. The van der Waals surface area contributed by atoms with Crippen molar-refractivity contribution in [3.05, 3.63) is 60.2 Å². The van der Waals surface area contributed by atoms with Gasteiger partial charge in [-0.25, -0.2) is 13.5 Å². The van der Waals surface area contributed by atoms with E-state index in [1.165, 1.54) is 4.31 Å². The Bertz CT molecular complexity index is 913. The summed E-state index contributed by atoms with van der Waals surface area (Å²) >= 11 is 0. The first kappa shape index (κ1) is 22.1. The van der Waals surface area contributed by atoms with Crippen LogP contribution in [0, 0.1) is 0 Å². The fourth-order valence-corrected chi connectivity index (χ4v) is 5.20. The number of ether oxygens (including phenoxy) is 1. The molecule has 1 amide bonds. The van der Waals surface area contributed by atoms with Crippen LogP contribution in [0.15, 0.2) is 54.6 Å². The molecule has 9 heteroatoms. The number of nitrogens with zero attached hydrogens (tertiary/aromatic N) is 3. The smallest absolute Gasteiger partial charge is 0.233 e. The Balaban J connectivity index is 1.65. The van der Waals surface area contributed by atoms with Gasteiger partial charge in [-0.1, -0.05) is 30.3 Å². The summed E-state index contributed by atoms with van der Waals surface area (Å²) in [5.74, 6) is 0.424. The molecule has 0 saturated carbocycles. The van der Waals surface area contributed by atoms with Crippen molar-refractivity contribution in [3.8, 4) is 5.75 Å². The lowest BCUT2D eigenvalue weighted by Gasteiger charge is -2.36. The van der Waals surface area contributed by atoms with Crippen LogP contribution < -0.4 is 9.64 Å². The van der Waals surface area contributed by atoms with Gasteiger partial charge in [-0.2, -0.15) is 4.31 Å². The molecule has 0 aliphatic carbocycles. The van der Waals surface area contributed by atoms with Crippen LogP contribution in [0.25, 0.3) is 0 Å². The molecule has 8 nitrogen and oxygen atoms in total. The number of hydrogen-bond acceptors (Lipinski definition) is 6. The third kappa shape index (κ3) is 5.29. The fourth-order valence-electron chi connectivity index (χ4n) is 3.52. The summed E-state index contributed by atoms with van der Waals surface area (Å²) in [6.07, 6.45) is 0.233. The van der Waals surface area contributed by atoms with E-state index in [0.717, 1.165) is 11.4 Å². The zero-order valence-corrected chi connectivity index (χ0v) is 17.7. The van der Waals surface area contributed by atoms with E-state index in [4.69, 9.17) is 4.74 Å². The number of piperazine rings is 1. The molecule has 0 bridgehead atoms. The van der Waals surface area contributed by atoms with E-state index >= 15 is 0 Å². The minimum atomic E-state index is -3.68. The minimum Gasteiger partial charge on any atom is -0.494 e. The molecule has 1 unspecified atom stereocenters. The minimum absolute atomic E-state index is 0.233. The van der Waals surface area contributed by atoms with Gasteiger partial charge in [0, 0.05) is 31.9 Å². The number of rotatable bonds is 9. The van der Waals surface area contributed by atoms with E-state index in [0.29, 0.717) is 43.4 Å². The summed E-state index contributed by atoms with van der Waals surface area (Å²) in [4.78, 5) is 13.2. The standard InChI is InChI=1S/C21H27N3O5S/c1-2-29-20-10-8-19(9-11-20)22-12-14-23(15-13-22)30(27,28)16-21(24(26)17-25)18-6-4-3-5-7-18/h3-11,17,21,26H,2,12-16H2,1H3. The van der Waals surface area contributed by atoms with E-state index in [1.807, 2.05) is 31.2 Å². The molecule has 30 heavy (non-hydrogen) atoms. The molecule has 1 atom stereocenters. The van der Waals surface area contributed by atoms with Crippen molar-refractivity contribution in [1.29, 1.82) is 0 Å². The lowest BCUT2D eigenvalue weighted by molar-refractivity contribution is -0.158. The van der Waals surface area contributed by atoms with Crippen molar-refractivity contribution in [2.24, 2.45) is 0 Å². The average molecular weight is 434 g/mol. The predicted octanol–water partition coefficient (Wildman–Crippen LogP) is 2.13. The molecule has 1 fully saturated rings. The zero-order valence-electron chi connectivity index (χ0n) is 16.9. The Morgan fingerprint density at radius 2 is 1.70 bits per heavy atom. The second-order valence-electron chi connectivity index (χ2n) is 7.00. The lowest BCUT2D eigenvalue weighted by atomic mass is 10.1. The summed E-state index contributed by atoms with van der Waals surface area (Å²) in [6, 6.07) is 15.4. The quantitative estimate of drug-likeness (QED) is 0.370. The largest absolute Gasteiger partial charge is 0.494 e. The molecule has 162 valence electrons. The van der Waals surface area contributed by atoms with Crippen LogP contribution in [0.1, 0.15) is 18.5 Å². The van der Waals surface area contributed by atoms with Gasteiger partial charge in [0.25, 0.3) is 0 Å². The Morgan fingerprint density at radius 1 is 1.07 bits per heavy atom. The SMILES string of the molecule is CCOc1ccc(N2CCN(S(=O)(=O)CC(c3ccccc3)N(O)C=O)CC2)cc1. The van der Waals surface area contributed by atoms with Crippen LogP contribution in [-0.4, -0.2) is 67.9 Å². The Kier molecular flexibility index (Phi) is 7.30. The maximum absolute atomic E-state index is 13.0. The van der Waals surface area contributed by atoms with Crippen LogP contribution in [0.5, 0.6) is 5.75 Å². The van der Waals surface area contributed by atoms with Crippen molar-refractivity contribution in [1.82, 2.24) is 9.37 Å². The number of anilines is 1. The lowest BCUT2D eigenvalue weighted by Crippen LogP contribution is -2.50. The van der Waals surface area contributed by atoms with Crippen LogP contribution >= 0.6 is 0 Å². The fraction of sp³-hybridized carbons (Fsp3) is 0.381. The molecule has 3 rings (SSSR count). The number of carbonyl (C=O) groups excluding carboxylic acids is 1. The molecule has 2 aromatic carbocycles. The van der Waals surface area contributed by atoms with Crippen LogP contribution in [0.2, 0.25) is 0 Å². The van der Waals surface area contributed by atoms with Gasteiger partial charge in [-0.05, 0) is 36.8 Å². The van der Waals surface area contributed by atoms with Crippen molar-refractivity contribution in [2.45, 2.75) is 13.0 Å². The van der Waals surface area contributed by atoms with Crippen molar-refractivity contribution < 1.29 is 23.2 Å². The first-order chi connectivity index (χ1) is 14.4. The van der Waals surface area contributed by atoms with E-state index < -0.39 is 16.1 Å². The number of carbonyl (C=O) groups is 1. The third-order valence-corrected chi connectivity index (χ3v) is 7.01. The zero-order chi connectivity index (χ0) is 21.6. The van der Waals surface area contributed by atoms with Gasteiger partial charge in [0.2, 0.25) is 16.4 Å². The first-order valence-corrected chi connectivity index (χ1v) is 11.5. The number of benzene rings is 2. The molecule has 2 aromatic rings. The Morgan fingerprint density at radius 3 is 2.27 bits per heavy atom. The Labute approximate surface area is 177 Å². The molecular formula is C21H27N3O5S. The highest BCUT2D eigenvalue weighted by Crippen LogP contribution is 2.24. The highest BCUT2D eigenvalue weighted by molar-refractivity contribution is 7.89. The van der Waals surface area contributed by atoms with Crippen LogP contribution in [0.4, 0.5) is 5.69 Å². The highest BCUT2D eigenvalue weighted by atomic mass is 32.2. The summed E-state index contributed by atoms with van der Waals surface area (Å²) in [7, 11) is -3.68. The normalized spacial score (nSPS) is 16.1. The second-order valence-corrected chi connectivity index (χ2v) is 9.02. The van der Waals surface area contributed by atoms with Gasteiger partial charge >= 0.3 is 0 Å². The van der Waals surface area contributed by atoms with Crippen LogP contribution in [0.3, 0.4) is 0 Å². The molecular weight excluding hydrogens is 406 g/mol. The molecule has 1 heterocycles. The van der Waals surface area contributed by atoms with Gasteiger partial charge < -0.3 is 9.64 Å². The molecule has 1 aliphatic heterocycles. The van der Waals surface area contributed by atoms with Gasteiger partial charge in [-0.3, -0.25) is 10.0 Å². The summed E-state index contributed by atoms with van der Waals surface area (Å²) in [5, 5.41) is 10.4. The maximum atomic E-state index is 13.0. The van der Waals surface area contributed by atoms with E-state index in [-0.39, 0.29) is 12.2 Å². The molecule has 1 N–H and O–H groups in total. The van der Waals surface area contributed by atoms with Crippen molar-refractivity contribution in [2.75, 3.05) is 43.4 Å². The van der Waals surface area contributed by atoms with Gasteiger partial charge in [0.15, 0.2) is 0 Å². The van der Waals surface area contributed by atoms with Crippen molar-refractivity contribution >= 4 is 22.1 Å². The van der Waals surface area contributed by atoms with Gasteiger partial charge in [0.05, 0.1) is 18.4 Å². The predicted molar refractivity (Wildman–Crippen MR) is 114 cm³/mol. The number of amides is 1. The van der Waals surface area contributed by atoms with Gasteiger partial charge in [-0.15, -0.1) is 0 Å². The molecule has 0 radical (unpaired) electrons. The molecule has 0 aromatic heterocycles. The first-order valence-electron chi connectivity index (χ1n) is 9.87. The second kappa shape index (κ2) is 9.92. The molecule has 1 aliphatic rings. The number of hydroxylamine groups is 2. The maximum Gasteiger partial charge on any atom is 0.233 e.